The lowest BCUT2D eigenvalue weighted by Crippen LogP contribution is -2.36. The molecule has 7 heteroatoms. The molecule has 2 aromatic rings. The Morgan fingerprint density at radius 1 is 1.25 bits per heavy atom. The summed E-state index contributed by atoms with van der Waals surface area (Å²) >= 11 is 0. The maximum Gasteiger partial charge on any atom is 0.410 e. The van der Waals surface area contributed by atoms with Crippen LogP contribution in [-0.2, 0) is 29.0 Å². The van der Waals surface area contributed by atoms with E-state index < -0.39 is 5.97 Å². The van der Waals surface area contributed by atoms with Crippen molar-refractivity contribution in [2.24, 2.45) is 0 Å². The van der Waals surface area contributed by atoms with Crippen molar-refractivity contribution in [2.45, 2.75) is 26.5 Å². The molecule has 126 valence electrons. The third-order valence-corrected chi connectivity index (χ3v) is 3.76. The number of esters is 1. The van der Waals surface area contributed by atoms with E-state index in [9.17, 15) is 9.59 Å². The second kappa shape index (κ2) is 7.16. The van der Waals surface area contributed by atoms with Crippen molar-refractivity contribution in [3.8, 4) is 0 Å². The van der Waals surface area contributed by atoms with Crippen LogP contribution in [0.4, 0.5) is 4.79 Å². The number of hydrogen-bond acceptors (Lipinski definition) is 5. The van der Waals surface area contributed by atoms with Gasteiger partial charge in [0.05, 0.1) is 24.5 Å². The fourth-order valence-corrected chi connectivity index (χ4v) is 2.56. The molecule has 2 heterocycles. The number of ether oxygens (including phenoxy) is 2. The molecule has 1 amide bonds. The molecule has 24 heavy (non-hydrogen) atoms. The summed E-state index contributed by atoms with van der Waals surface area (Å²) in [5, 5.41) is 0. The van der Waals surface area contributed by atoms with E-state index in [0.717, 1.165) is 17.0 Å². The molecule has 0 atom stereocenters. The van der Waals surface area contributed by atoms with E-state index in [-0.39, 0.29) is 18.5 Å². The number of carbonyl (C=O) groups is 2. The van der Waals surface area contributed by atoms with Crippen LogP contribution in [0.5, 0.6) is 0 Å². The van der Waals surface area contributed by atoms with Gasteiger partial charge < -0.3 is 19.4 Å². The van der Waals surface area contributed by atoms with E-state index >= 15 is 0 Å². The van der Waals surface area contributed by atoms with E-state index in [0.29, 0.717) is 26.1 Å². The molecular weight excluding hydrogens is 310 g/mol. The van der Waals surface area contributed by atoms with Crippen LogP contribution in [-0.4, -0.2) is 40.1 Å². The minimum absolute atomic E-state index is 0.182. The number of hydrogen-bond donors (Lipinski definition) is 1. The maximum atomic E-state index is 12.2. The molecule has 0 saturated heterocycles. The first-order valence-corrected chi connectivity index (χ1v) is 7.88. The fraction of sp³-hybridized carbons (Fsp3) is 0.353. The van der Waals surface area contributed by atoms with Gasteiger partial charge >= 0.3 is 12.1 Å². The Morgan fingerprint density at radius 2 is 2.04 bits per heavy atom. The molecular formula is C17H19N3O4. The third-order valence-electron chi connectivity index (χ3n) is 3.76. The number of nitrogens with zero attached hydrogens (tertiary/aromatic N) is 2. The Bertz CT molecular complexity index is 727. The highest BCUT2D eigenvalue weighted by atomic mass is 16.6. The van der Waals surface area contributed by atoms with Crippen molar-refractivity contribution >= 4 is 12.1 Å². The summed E-state index contributed by atoms with van der Waals surface area (Å²) in [7, 11) is 0. The minimum Gasteiger partial charge on any atom is -0.460 e. The molecule has 0 fully saturated rings. The van der Waals surface area contributed by atoms with Crippen molar-refractivity contribution in [3.63, 3.8) is 0 Å². The predicted molar refractivity (Wildman–Crippen MR) is 85.3 cm³/mol. The van der Waals surface area contributed by atoms with Gasteiger partial charge in [-0.25, -0.2) is 14.6 Å². The number of amides is 1. The number of H-pyrrole nitrogens is 1. The largest absolute Gasteiger partial charge is 0.460 e. The lowest BCUT2D eigenvalue weighted by molar-refractivity contribution is 0.0513. The molecule has 0 radical (unpaired) electrons. The Labute approximate surface area is 139 Å². The SMILES string of the molecule is CCOC(=O)c1nc2c([nH]1)CN(C(=O)OCc1ccccc1)CC2. The Hall–Kier alpha value is -2.83. The lowest BCUT2D eigenvalue weighted by Gasteiger charge is -2.25. The number of aromatic nitrogens is 2. The standard InChI is InChI=1S/C17H19N3O4/c1-2-23-16(21)15-18-13-8-9-20(10-14(13)19-15)17(22)24-11-12-6-4-3-5-7-12/h3-7H,2,8-11H2,1H3,(H,18,19). The quantitative estimate of drug-likeness (QED) is 0.870. The summed E-state index contributed by atoms with van der Waals surface area (Å²) in [4.78, 5) is 32.7. The first-order valence-electron chi connectivity index (χ1n) is 7.88. The molecule has 1 N–H and O–H groups in total. The van der Waals surface area contributed by atoms with E-state index in [1.807, 2.05) is 30.3 Å². The van der Waals surface area contributed by atoms with E-state index in [4.69, 9.17) is 9.47 Å². The summed E-state index contributed by atoms with van der Waals surface area (Å²) in [6.45, 7) is 3.12. The van der Waals surface area contributed by atoms with Gasteiger partial charge in [-0.1, -0.05) is 30.3 Å². The molecule has 1 aliphatic rings. The van der Waals surface area contributed by atoms with Crippen molar-refractivity contribution in [1.29, 1.82) is 0 Å². The molecule has 7 nitrogen and oxygen atoms in total. The zero-order valence-corrected chi connectivity index (χ0v) is 13.4. The van der Waals surface area contributed by atoms with Gasteiger partial charge in [-0.15, -0.1) is 0 Å². The molecule has 0 aliphatic carbocycles. The molecule has 1 aromatic carbocycles. The van der Waals surface area contributed by atoms with Crippen molar-refractivity contribution in [1.82, 2.24) is 14.9 Å². The number of fused-ring (bicyclic) bond motifs is 1. The molecule has 1 aromatic heterocycles. The average Bonchev–Trinajstić information content (AvgIpc) is 3.04. The number of nitrogens with one attached hydrogen (secondary N) is 1. The van der Waals surface area contributed by atoms with Crippen LogP contribution in [0.1, 0.15) is 34.5 Å². The monoisotopic (exact) mass is 329 g/mol. The zero-order valence-electron chi connectivity index (χ0n) is 13.4. The Balaban J connectivity index is 1.60. The number of aromatic amines is 1. The van der Waals surface area contributed by atoms with Crippen molar-refractivity contribution in [2.75, 3.05) is 13.2 Å². The Kier molecular flexibility index (Phi) is 4.79. The van der Waals surface area contributed by atoms with Crippen LogP contribution in [0.3, 0.4) is 0 Å². The van der Waals surface area contributed by atoms with Crippen LogP contribution in [0.15, 0.2) is 30.3 Å². The van der Waals surface area contributed by atoms with Crippen LogP contribution < -0.4 is 0 Å². The molecule has 0 bridgehead atoms. The Morgan fingerprint density at radius 3 is 2.79 bits per heavy atom. The summed E-state index contributed by atoms with van der Waals surface area (Å²) in [6, 6.07) is 9.52. The minimum atomic E-state index is -0.481. The van der Waals surface area contributed by atoms with Gasteiger partial charge in [-0.3, -0.25) is 0 Å². The first-order chi connectivity index (χ1) is 11.7. The lowest BCUT2D eigenvalue weighted by atomic mass is 10.1. The van der Waals surface area contributed by atoms with Crippen molar-refractivity contribution < 1.29 is 19.1 Å². The summed E-state index contributed by atoms with van der Waals surface area (Å²) in [5.74, 6) is -0.300. The van der Waals surface area contributed by atoms with Gasteiger partial charge in [-0.05, 0) is 12.5 Å². The molecule has 0 unspecified atom stereocenters. The summed E-state index contributed by atoms with van der Waals surface area (Å²) in [5.41, 5.74) is 2.49. The van der Waals surface area contributed by atoms with Gasteiger partial charge in [0.15, 0.2) is 0 Å². The topological polar surface area (TPSA) is 84.5 Å². The number of benzene rings is 1. The summed E-state index contributed by atoms with van der Waals surface area (Å²) < 4.78 is 10.3. The normalized spacial score (nSPS) is 13.3. The zero-order chi connectivity index (χ0) is 16.9. The smallest absolute Gasteiger partial charge is 0.410 e. The molecule has 0 saturated carbocycles. The van der Waals surface area contributed by atoms with Gasteiger partial charge in [0.1, 0.15) is 6.61 Å². The predicted octanol–water partition coefficient (Wildman–Crippen LogP) is 2.28. The van der Waals surface area contributed by atoms with Crippen LogP contribution in [0, 0.1) is 0 Å². The second-order valence-corrected chi connectivity index (χ2v) is 5.44. The number of carbonyl (C=O) groups excluding carboxylic acids is 2. The second-order valence-electron chi connectivity index (χ2n) is 5.44. The number of rotatable bonds is 4. The van der Waals surface area contributed by atoms with Gasteiger partial charge in [0, 0.05) is 13.0 Å². The maximum absolute atomic E-state index is 12.2. The van der Waals surface area contributed by atoms with E-state index in [1.165, 1.54) is 0 Å². The highest BCUT2D eigenvalue weighted by molar-refractivity contribution is 5.85. The van der Waals surface area contributed by atoms with Gasteiger partial charge in [-0.2, -0.15) is 0 Å². The average molecular weight is 329 g/mol. The van der Waals surface area contributed by atoms with Gasteiger partial charge in [0.25, 0.3) is 0 Å². The van der Waals surface area contributed by atoms with E-state index in [2.05, 4.69) is 9.97 Å². The van der Waals surface area contributed by atoms with Crippen LogP contribution in [0.25, 0.3) is 0 Å². The first kappa shape index (κ1) is 16.0. The number of imidazole rings is 1. The van der Waals surface area contributed by atoms with Crippen LogP contribution >= 0.6 is 0 Å². The van der Waals surface area contributed by atoms with E-state index in [1.54, 1.807) is 11.8 Å². The highest BCUT2D eigenvalue weighted by Crippen LogP contribution is 2.18. The van der Waals surface area contributed by atoms with Crippen molar-refractivity contribution in [3.05, 3.63) is 53.1 Å². The third kappa shape index (κ3) is 3.56. The van der Waals surface area contributed by atoms with Gasteiger partial charge in [0.2, 0.25) is 5.82 Å². The van der Waals surface area contributed by atoms with Crippen LogP contribution in [0.2, 0.25) is 0 Å². The highest BCUT2D eigenvalue weighted by Gasteiger charge is 2.26. The molecule has 1 aliphatic heterocycles. The fourth-order valence-electron chi connectivity index (χ4n) is 2.56. The molecule has 3 rings (SSSR count). The molecule has 0 spiro atoms. The summed E-state index contributed by atoms with van der Waals surface area (Å²) in [6.07, 6.45) is 0.197.